The van der Waals surface area contributed by atoms with Crippen LogP contribution in [0.3, 0.4) is 0 Å². The first-order valence-electron chi connectivity index (χ1n) is 8.55. The summed E-state index contributed by atoms with van der Waals surface area (Å²) in [6.07, 6.45) is 0. The minimum atomic E-state index is 0.0947. The molecule has 130 valence electrons. The van der Waals surface area contributed by atoms with E-state index in [1.54, 1.807) is 7.11 Å². The number of benzene rings is 2. The number of nitrogens with zero attached hydrogens (tertiary/aromatic N) is 3. The highest BCUT2D eigenvalue weighted by Crippen LogP contribution is 2.27. The van der Waals surface area contributed by atoms with Crippen molar-refractivity contribution >= 4 is 16.9 Å². The number of ether oxygens (including phenoxy) is 1. The Morgan fingerprint density at radius 2 is 1.88 bits per heavy atom. The first-order valence-corrected chi connectivity index (χ1v) is 8.55. The van der Waals surface area contributed by atoms with Crippen LogP contribution in [0.1, 0.15) is 13.8 Å². The molecule has 1 amide bonds. The van der Waals surface area contributed by atoms with Crippen molar-refractivity contribution in [1.82, 2.24) is 14.5 Å². The molecule has 0 unspecified atom stereocenters. The highest BCUT2D eigenvalue weighted by molar-refractivity contribution is 5.84. The second kappa shape index (κ2) is 7.38. The zero-order valence-electron chi connectivity index (χ0n) is 14.9. The zero-order chi connectivity index (χ0) is 17.8. The second-order valence-electron chi connectivity index (χ2n) is 5.81. The second-order valence-corrected chi connectivity index (χ2v) is 5.81. The highest BCUT2D eigenvalue weighted by Gasteiger charge is 2.17. The van der Waals surface area contributed by atoms with E-state index in [9.17, 15) is 4.79 Å². The van der Waals surface area contributed by atoms with Gasteiger partial charge in [0.15, 0.2) is 0 Å². The molecule has 25 heavy (non-hydrogen) atoms. The Morgan fingerprint density at radius 1 is 1.12 bits per heavy atom. The summed E-state index contributed by atoms with van der Waals surface area (Å²) in [6.45, 7) is 5.68. The molecular formula is C20H23N3O2. The van der Waals surface area contributed by atoms with Gasteiger partial charge in [-0.15, -0.1) is 0 Å². The number of para-hydroxylation sites is 2. The molecule has 0 N–H and O–H groups in total. The first-order chi connectivity index (χ1) is 12.2. The monoisotopic (exact) mass is 337 g/mol. The maximum Gasteiger partial charge on any atom is 0.242 e. The number of rotatable bonds is 6. The summed E-state index contributed by atoms with van der Waals surface area (Å²) in [4.78, 5) is 19.3. The maximum absolute atomic E-state index is 12.7. The highest BCUT2D eigenvalue weighted by atomic mass is 16.5. The van der Waals surface area contributed by atoms with Gasteiger partial charge in [0.05, 0.1) is 18.1 Å². The minimum Gasteiger partial charge on any atom is -0.497 e. The molecule has 3 aromatic rings. The Labute approximate surface area is 147 Å². The number of amides is 1. The van der Waals surface area contributed by atoms with Gasteiger partial charge < -0.3 is 14.2 Å². The number of fused-ring (bicyclic) bond motifs is 1. The Kier molecular flexibility index (Phi) is 5.03. The average molecular weight is 337 g/mol. The van der Waals surface area contributed by atoms with Crippen LogP contribution in [0, 0.1) is 0 Å². The van der Waals surface area contributed by atoms with E-state index in [1.807, 2.05) is 71.8 Å². The van der Waals surface area contributed by atoms with Crippen LogP contribution >= 0.6 is 0 Å². The third-order valence-corrected chi connectivity index (χ3v) is 4.39. The van der Waals surface area contributed by atoms with Crippen molar-refractivity contribution in [3.8, 4) is 17.1 Å². The molecule has 0 bridgehead atoms. The van der Waals surface area contributed by atoms with E-state index in [0.29, 0.717) is 13.1 Å². The maximum atomic E-state index is 12.7. The van der Waals surface area contributed by atoms with E-state index in [-0.39, 0.29) is 12.5 Å². The van der Waals surface area contributed by atoms with Gasteiger partial charge in [-0.2, -0.15) is 0 Å². The molecule has 0 fully saturated rings. The lowest BCUT2D eigenvalue weighted by molar-refractivity contribution is -0.131. The van der Waals surface area contributed by atoms with Crippen molar-refractivity contribution in [3.05, 3.63) is 48.5 Å². The molecule has 0 aliphatic carbocycles. The fraction of sp³-hybridized carbons (Fsp3) is 0.300. The summed E-state index contributed by atoms with van der Waals surface area (Å²) in [6, 6.07) is 15.7. The van der Waals surface area contributed by atoms with Gasteiger partial charge in [-0.1, -0.05) is 24.3 Å². The molecule has 0 spiro atoms. The van der Waals surface area contributed by atoms with Crippen LogP contribution in [-0.4, -0.2) is 40.6 Å². The molecule has 0 aliphatic heterocycles. The van der Waals surface area contributed by atoms with Crippen molar-refractivity contribution in [2.75, 3.05) is 20.2 Å². The van der Waals surface area contributed by atoms with Crippen molar-refractivity contribution in [1.29, 1.82) is 0 Å². The van der Waals surface area contributed by atoms with Gasteiger partial charge in [0, 0.05) is 18.7 Å². The van der Waals surface area contributed by atoms with Crippen molar-refractivity contribution in [3.63, 3.8) is 0 Å². The topological polar surface area (TPSA) is 47.4 Å². The third kappa shape index (κ3) is 3.36. The lowest BCUT2D eigenvalue weighted by Crippen LogP contribution is -2.33. The summed E-state index contributed by atoms with van der Waals surface area (Å²) in [5.74, 6) is 1.64. The van der Waals surface area contributed by atoms with Crippen LogP contribution < -0.4 is 4.74 Å². The molecule has 5 heteroatoms. The number of aromatic nitrogens is 2. The lowest BCUT2D eigenvalue weighted by atomic mass is 10.2. The van der Waals surface area contributed by atoms with E-state index in [4.69, 9.17) is 9.72 Å². The average Bonchev–Trinajstić information content (AvgIpc) is 3.01. The molecule has 0 atom stereocenters. The lowest BCUT2D eigenvalue weighted by Gasteiger charge is -2.20. The van der Waals surface area contributed by atoms with Gasteiger partial charge in [-0.05, 0) is 38.1 Å². The molecular weight excluding hydrogens is 314 g/mol. The molecule has 0 saturated carbocycles. The van der Waals surface area contributed by atoms with Gasteiger partial charge in [0.25, 0.3) is 0 Å². The van der Waals surface area contributed by atoms with Crippen LogP contribution in [0.25, 0.3) is 22.4 Å². The quantitative estimate of drug-likeness (QED) is 0.691. The first kappa shape index (κ1) is 17.0. The van der Waals surface area contributed by atoms with Crippen LogP contribution in [-0.2, 0) is 11.3 Å². The Morgan fingerprint density at radius 3 is 2.60 bits per heavy atom. The summed E-state index contributed by atoms with van der Waals surface area (Å²) in [7, 11) is 1.64. The Hall–Kier alpha value is -2.82. The molecule has 0 saturated heterocycles. The predicted octanol–water partition coefficient (Wildman–Crippen LogP) is 3.58. The van der Waals surface area contributed by atoms with Gasteiger partial charge >= 0.3 is 0 Å². The molecule has 1 heterocycles. The number of carbonyl (C=O) groups excluding carboxylic acids is 1. The standard InChI is InChI=1S/C20H23N3O2/c1-4-22(5-2)19(24)14-23-18-12-7-6-11-17(18)21-20(23)15-9-8-10-16(13-15)25-3/h6-13H,4-5,14H2,1-3H3. The van der Waals surface area contributed by atoms with Crippen molar-refractivity contribution < 1.29 is 9.53 Å². The number of likely N-dealkylation sites (N-methyl/N-ethyl adjacent to an activating group) is 1. The van der Waals surface area contributed by atoms with Gasteiger partial charge in [-0.25, -0.2) is 4.98 Å². The van der Waals surface area contributed by atoms with Gasteiger partial charge in [0.1, 0.15) is 18.1 Å². The van der Waals surface area contributed by atoms with Crippen LogP contribution in [0.2, 0.25) is 0 Å². The molecule has 2 aromatic carbocycles. The number of hydrogen-bond donors (Lipinski definition) is 0. The molecule has 3 rings (SSSR count). The molecule has 1 aromatic heterocycles. The van der Waals surface area contributed by atoms with E-state index >= 15 is 0 Å². The zero-order valence-corrected chi connectivity index (χ0v) is 14.9. The predicted molar refractivity (Wildman–Crippen MR) is 99.6 cm³/mol. The summed E-state index contributed by atoms with van der Waals surface area (Å²) in [5.41, 5.74) is 2.77. The fourth-order valence-corrected chi connectivity index (χ4v) is 3.03. The van der Waals surface area contributed by atoms with E-state index in [2.05, 4.69) is 0 Å². The summed E-state index contributed by atoms with van der Waals surface area (Å²) < 4.78 is 7.32. The smallest absolute Gasteiger partial charge is 0.242 e. The number of hydrogen-bond acceptors (Lipinski definition) is 3. The fourth-order valence-electron chi connectivity index (χ4n) is 3.03. The van der Waals surface area contributed by atoms with Crippen LogP contribution in [0.5, 0.6) is 5.75 Å². The Balaban J connectivity index is 2.10. The van der Waals surface area contributed by atoms with Gasteiger partial charge in [-0.3, -0.25) is 4.79 Å². The molecule has 0 radical (unpaired) electrons. The van der Waals surface area contributed by atoms with E-state index in [1.165, 1.54) is 0 Å². The van der Waals surface area contributed by atoms with Crippen LogP contribution in [0.15, 0.2) is 48.5 Å². The molecule has 5 nitrogen and oxygen atoms in total. The largest absolute Gasteiger partial charge is 0.497 e. The number of imidazole rings is 1. The summed E-state index contributed by atoms with van der Waals surface area (Å²) >= 11 is 0. The molecule has 0 aliphatic rings. The van der Waals surface area contributed by atoms with E-state index < -0.39 is 0 Å². The third-order valence-electron chi connectivity index (χ3n) is 4.39. The normalized spacial score (nSPS) is 10.8. The number of carbonyl (C=O) groups is 1. The minimum absolute atomic E-state index is 0.0947. The van der Waals surface area contributed by atoms with Crippen molar-refractivity contribution in [2.45, 2.75) is 20.4 Å². The summed E-state index contributed by atoms with van der Waals surface area (Å²) in [5, 5.41) is 0. The van der Waals surface area contributed by atoms with Gasteiger partial charge in [0.2, 0.25) is 5.91 Å². The Bertz CT molecular complexity index is 882. The van der Waals surface area contributed by atoms with E-state index in [0.717, 1.165) is 28.2 Å². The SMILES string of the molecule is CCN(CC)C(=O)Cn1c(-c2cccc(OC)c2)nc2ccccc21. The number of methoxy groups -OCH3 is 1. The van der Waals surface area contributed by atoms with Crippen molar-refractivity contribution in [2.24, 2.45) is 0 Å². The van der Waals surface area contributed by atoms with Crippen LogP contribution in [0.4, 0.5) is 0 Å².